The maximum absolute atomic E-state index is 13.2. The zero-order chi connectivity index (χ0) is 20.8. The van der Waals surface area contributed by atoms with E-state index in [9.17, 15) is 4.79 Å². The van der Waals surface area contributed by atoms with E-state index in [1.54, 1.807) is 14.2 Å². The van der Waals surface area contributed by atoms with Gasteiger partial charge in [0, 0.05) is 25.2 Å². The molecule has 0 spiro atoms. The Morgan fingerprint density at radius 3 is 2.45 bits per heavy atom. The molecule has 2 aromatic carbocycles. The lowest BCUT2D eigenvalue weighted by Gasteiger charge is -2.40. The Balaban J connectivity index is 1.82. The lowest BCUT2D eigenvalue weighted by atomic mass is 10.0. The summed E-state index contributed by atoms with van der Waals surface area (Å²) >= 11 is 0. The number of benzene rings is 2. The third-order valence-corrected chi connectivity index (χ3v) is 5.52. The van der Waals surface area contributed by atoms with Crippen LogP contribution < -0.4 is 9.47 Å². The van der Waals surface area contributed by atoms with Gasteiger partial charge in [-0.25, -0.2) is 0 Å². The summed E-state index contributed by atoms with van der Waals surface area (Å²) in [5.41, 5.74) is 3.02. The second-order valence-electron chi connectivity index (χ2n) is 7.30. The highest BCUT2D eigenvalue weighted by Gasteiger charge is 2.30. The van der Waals surface area contributed by atoms with Crippen molar-refractivity contribution in [1.82, 2.24) is 9.80 Å². The van der Waals surface area contributed by atoms with E-state index in [1.165, 1.54) is 0 Å². The quantitative estimate of drug-likeness (QED) is 0.694. The van der Waals surface area contributed by atoms with Gasteiger partial charge in [-0.15, -0.1) is 0 Å². The van der Waals surface area contributed by atoms with E-state index >= 15 is 0 Å². The number of rotatable bonds is 6. The Hall–Kier alpha value is -2.79. The first kappa shape index (κ1) is 20.9. The molecule has 0 N–H and O–H groups in total. The highest BCUT2D eigenvalue weighted by atomic mass is 16.5. The molecular formula is C24H30N2O3. The minimum atomic E-state index is 0.113. The molecule has 1 fully saturated rings. The van der Waals surface area contributed by atoms with E-state index in [0.29, 0.717) is 24.5 Å². The van der Waals surface area contributed by atoms with E-state index in [2.05, 4.69) is 18.0 Å². The van der Waals surface area contributed by atoms with Crippen molar-refractivity contribution in [3.05, 3.63) is 65.2 Å². The summed E-state index contributed by atoms with van der Waals surface area (Å²) in [6.07, 6.45) is 2.72. The van der Waals surface area contributed by atoms with Crippen molar-refractivity contribution in [1.29, 1.82) is 0 Å². The molecule has 1 heterocycles. The molecular weight excluding hydrogens is 364 g/mol. The maximum atomic E-state index is 13.2. The smallest absolute Gasteiger partial charge is 0.249 e. The summed E-state index contributed by atoms with van der Waals surface area (Å²) in [5, 5.41) is 0. The molecule has 0 radical (unpaired) electrons. The van der Waals surface area contributed by atoms with Crippen molar-refractivity contribution < 1.29 is 14.3 Å². The van der Waals surface area contributed by atoms with E-state index in [0.717, 1.165) is 29.8 Å². The van der Waals surface area contributed by atoms with Crippen molar-refractivity contribution in [3.63, 3.8) is 0 Å². The van der Waals surface area contributed by atoms with Crippen molar-refractivity contribution in [3.8, 4) is 11.5 Å². The summed E-state index contributed by atoms with van der Waals surface area (Å²) in [7, 11) is 5.38. The minimum absolute atomic E-state index is 0.113. The van der Waals surface area contributed by atoms with Gasteiger partial charge >= 0.3 is 0 Å². The average Bonchev–Trinajstić information content (AvgIpc) is 2.77. The summed E-state index contributed by atoms with van der Waals surface area (Å²) < 4.78 is 10.8. The van der Waals surface area contributed by atoms with Gasteiger partial charge in [0.2, 0.25) is 5.91 Å². The van der Waals surface area contributed by atoms with Crippen LogP contribution in [0.1, 0.15) is 30.5 Å². The van der Waals surface area contributed by atoms with Gasteiger partial charge in [0.05, 0.1) is 20.3 Å². The molecule has 5 heteroatoms. The van der Waals surface area contributed by atoms with Crippen LogP contribution >= 0.6 is 0 Å². The molecule has 3 rings (SSSR count). The standard InChI is InChI=1S/C24H30N2O3/c1-5-19(15-18-9-7-6-8-10-18)24(27)26-14-13-25(2)21(17-26)20-11-12-22(28-3)23(16-20)29-4/h6-12,15-16,21H,5,13-14,17H2,1-4H3/b19-15+. The van der Waals surface area contributed by atoms with E-state index < -0.39 is 0 Å². The number of nitrogens with zero attached hydrogens (tertiary/aromatic N) is 2. The Morgan fingerprint density at radius 1 is 1.07 bits per heavy atom. The summed E-state index contributed by atoms with van der Waals surface area (Å²) in [6.45, 7) is 4.24. The number of carbonyl (C=O) groups excluding carboxylic acids is 1. The van der Waals surface area contributed by atoms with E-state index in [-0.39, 0.29) is 11.9 Å². The van der Waals surface area contributed by atoms with Crippen LogP contribution in [-0.4, -0.2) is 56.6 Å². The van der Waals surface area contributed by atoms with Gasteiger partial charge in [0.1, 0.15) is 0 Å². The predicted molar refractivity (Wildman–Crippen MR) is 116 cm³/mol. The first-order chi connectivity index (χ1) is 14.1. The van der Waals surface area contributed by atoms with Gasteiger partial charge < -0.3 is 14.4 Å². The zero-order valence-electron chi connectivity index (χ0n) is 17.7. The molecule has 0 aromatic heterocycles. The zero-order valence-corrected chi connectivity index (χ0v) is 17.7. The molecule has 0 saturated carbocycles. The molecule has 1 aliphatic heterocycles. The fourth-order valence-corrected chi connectivity index (χ4v) is 3.75. The monoisotopic (exact) mass is 394 g/mol. The highest BCUT2D eigenvalue weighted by Crippen LogP contribution is 2.33. The number of likely N-dealkylation sites (N-methyl/N-ethyl adjacent to an activating group) is 1. The number of methoxy groups -OCH3 is 2. The number of piperazine rings is 1. The lowest BCUT2D eigenvalue weighted by Crippen LogP contribution is -2.49. The van der Waals surface area contributed by atoms with Gasteiger partial charge in [0.25, 0.3) is 0 Å². The van der Waals surface area contributed by atoms with Crippen LogP contribution in [0.3, 0.4) is 0 Å². The molecule has 29 heavy (non-hydrogen) atoms. The number of hydrogen-bond acceptors (Lipinski definition) is 4. The number of amides is 1. The van der Waals surface area contributed by atoms with Crippen LogP contribution in [0.15, 0.2) is 54.1 Å². The van der Waals surface area contributed by atoms with Gasteiger partial charge in [0.15, 0.2) is 11.5 Å². The van der Waals surface area contributed by atoms with E-state index in [4.69, 9.17) is 9.47 Å². The molecule has 5 nitrogen and oxygen atoms in total. The van der Waals surface area contributed by atoms with Gasteiger partial charge in [-0.1, -0.05) is 43.3 Å². The summed E-state index contributed by atoms with van der Waals surface area (Å²) in [5.74, 6) is 1.54. The van der Waals surface area contributed by atoms with Crippen molar-refractivity contribution in [2.75, 3.05) is 40.9 Å². The lowest BCUT2D eigenvalue weighted by molar-refractivity contribution is -0.129. The predicted octanol–water partition coefficient (Wildman–Crippen LogP) is 4.01. The van der Waals surface area contributed by atoms with Crippen LogP contribution in [0.2, 0.25) is 0 Å². The molecule has 154 valence electrons. The number of carbonyl (C=O) groups is 1. The van der Waals surface area contributed by atoms with Crippen LogP contribution in [-0.2, 0) is 4.79 Å². The molecule has 1 aliphatic rings. The fraction of sp³-hybridized carbons (Fsp3) is 0.375. The average molecular weight is 395 g/mol. The van der Waals surface area contributed by atoms with Crippen LogP contribution in [0.4, 0.5) is 0 Å². The molecule has 1 amide bonds. The Kier molecular flexibility index (Phi) is 6.94. The van der Waals surface area contributed by atoms with Crippen molar-refractivity contribution in [2.45, 2.75) is 19.4 Å². The first-order valence-corrected chi connectivity index (χ1v) is 10.0. The molecule has 0 bridgehead atoms. The van der Waals surface area contributed by atoms with Crippen LogP contribution in [0.5, 0.6) is 11.5 Å². The number of ether oxygens (including phenoxy) is 2. The highest BCUT2D eigenvalue weighted by molar-refractivity contribution is 5.97. The molecule has 1 saturated heterocycles. The topological polar surface area (TPSA) is 42.0 Å². The van der Waals surface area contributed by atoms with Gasteiger partial charge in [-0.3, -0.25) is 9.69 Å². The second-order valence-corrected chi connectivity index (χ2v) is 7.30. The van der Waals surface area contributed by atoms with Gasteiger partial charge in [-0.05, 0) is 42.8 Å². The second kappa shape index (κ2) is 9.61. The van der Waals surface area contributed by atoms with E-state index in [1.807, 2.05) is 60.4 Å². The maximum Gasteiger partial charge on any atom is 0.249 e. The number of hydrogen-bond donors (Lipinski definition) is 0. The molecule has 0 aliphatic carbocycles. The third-order valence-electron chi connectivity index (χ3n) is 5.52. The molecule has 1 unspecified atom stereocenters. The summed E-state index contributed by atoms with van der Waals surface area (Å²) in [4.78, 5) is 17.5. The molecule has 1 atom stereocenters. The Morgan fingerprint density at radius 2 is 1.79 bits per heavy atom. The van der Waals surface area contributed by atoms with Crippen LogP contribution in [0.25, 0.3) is 6.08 Å². The molecule has 2 aromatic rings. The van der Waals surface area contributed by atoms with Crippen LogP contribution in [0, 0.1) is 0 Å². The third kappa shape index (κ3) is 4.80. The van der Waals surface area contributed by atoms with Gasteiger partial charge in [-0.2, -0.15) is 0 Å². The fourth-order valence-electron chi connectivity index (χ4n) is 3.75. The Bertz CT molecular complexity index is 864. The Labute approximate surface area is 173 Å². The first-order valence-electron chi connectivity index (χ1n) is 10.0. The van der Waals surface area contributed by atoms with Crippen molar-refractivity contribution in [2.24, 2.45) is 0 Å². The SMILES string of the molecule is CC/C(=C\c1ccccc1)C(=O)N1CCN(C)C(c2ccc(OC)c(OC)c2)C1. The largest absolute Gasteiger partial charge is 0.493 e. The van der Waals surface area contributed by atoms with Crippen molar-refractivity contribution >= 4 is 12.0 Å². The minimum Gasteiger partial charge on any atom is -0.493 e. The summed E-state index contributed by atoms with van der Waals surface area (Å²) in [6, 6.07) is 16.1. The normalized spacial score (nSPS) is 17.9.